The van der Waals surface area contributed by atoms with E-state index < -0.39 is 73.3 Å². The Balaban J connectivity index is 0.743. The van der Waals surface area contributed by atoms with E-state index >= 15 is 0 Å². The van der Waals surface area contributed by atoms with Gasteiger partial charge in [-0.2, -0.15) is 0 Å². The number of hydrogen-bond acceptors (Lipinski definition) is 10. The third-order valence-corrected chi connectivity index (χ3v) is 31.0. The maximum atomic E-state index is 14.3. The van der Waals surface area contributed by atoms with E-state index in [1.54, 1.807) is 4.68 Å². The van der Waals surface area contributed by atoms with Crippen LogP contribution in [0.2, 0.25) is 0 Å². The number of hydrogen-bond donors (Lipinski definition) is 0. The van der Waals surface area contributed by atoms with E-state index in [2.05, 4.69) is 161 Å². The Hall–Kier alpha value is -5.38. The van der Waals surface area contributed by atoms with E-state index in [9.17, 15) is 25.3 Å². The number of aryl methyl sites for hydroxylation is 3. The fourth-order valence-electron chi connectivity index (χ4n) is 11.2. The van der Waals surface area contributed by atoms with Crippen molar-refractivity contribution in [2.24, 2.45) is 5.92 Å². The van der Waals surface area contributed by atoms with Crippen molar-refractivity contribution in [1.29, 1.82) is 0 Å². The van der Waals surface area contributed by atoms with Gasteiger partial charge in [-0.15, -0.1) is 5.10 Å². The first kappa shape index (κ1) is 59.3. The van der Waals surface area contributed by atoms with Crippen LogP contribution in [0.1, 0.15) is 95.7 Å². The topological polar surface area (TPSA) is 160 Å². The number of sulfone groups is 3. The molecule has 3 atom stereocenters. The quantitative estimate of drug-likeness (QED) is 0.0226. The van der Waals surface area contributed by atoms with E-state index in [-0.39, 0.29) is 24.5 Å². The zero-order valence-corrected chi connectivity index (χ0v) is 52.4. The Morgan fingerprint density at radius 3 is 1.89 bits per heavy atom. The van der Waals surface area contributed by atoms with Crippen LogP contribution in [0.5, 0.6) is 0 Å². The van der Waals surface area contributed by atoms with Crippen LogP contribution in [0.4, 0.5) is 0 Å². The van der Waals surface area contributed by atoms with Crippen molar-refractivity contribution in [3.63, 3.8) is 0 Å². The van der Waals surface area contributed by atoms with Gasteiger partial charge in [0.25, 0.3) is 0 Å². The zero-order valence-electron chi connectivity index (χ0n) is 46.4. The molecular weight excluding hydrogens is 1260 g/mol. The second-order valence-corrected chi connectivity index (χ2v) is 37.3. The molecule has 2 aromatic heterocycles. The van der Waals surface area contributed by atoms with Crippen molar-refractivity contribution in [2.75, 3.05) is 30.1 Å². The van der Waals surface area contributed by atoms with Gasteiger partial charge in [-0.3, -0.25) is 4.68 Å². The van der Waals surface area contributed by atoms with Gasteiger partial charge >= 0.3 is 182 Å². The molecule has 0 aliphatic carbocycles. The summed E-state index contributed by atoms with van der Waals surface area (Å²) in [5.74, 6) is -1.46. The van der Waals surface area contributed by atoms with Crippen LogP contribution >= 0.6 is 0 Å². The molecule has 3 unspecified atom stereocenters. The van der Waals surface area contributed by atoms with E-state index in [1.807, 2.05) is 26.4 Å². The van der Waals surface area contributed by atoms with Crippen molar-refractivity contribution >= 4 is 93.4 Å². The monoisotopic (exact) mass is 1330 g/mol. The number of benzene rings is 7. The van der Waals surface area contributed by atoms with Gasteiger partial charge < -0.3 is 4.74 Å². The summed E-state index contributed by atoms with van der Waals surface area (Å²) in [6.07, 6.45) is 14.5. The molecule has 16 heteroatoms. The van der Waals surface area contributed by atoms with E-state index in [4.69, 9.17) is 9.72 Å². The summed E-state index contributed by atoms with van der Waals surface area (Å²) in [7, 11) is -11.6. The third-order valence-electron chi connectivity index (χ3n) is 15.4. The predicted molar refractivity (Wildman–Crippen MR) is 329 cm³/mol. The molecule has 80 heavy (non-hydrogen) atoms. The second-order valence-electron chi connectivity index (χ2n) is 21.8. The first-order valence-corrected chi connectivity index (χ1v) is 39.1. The van der Waals surface area contributed by atoms with Crippen LogP contribution in [-0.4, -0.2) is 112 Å². The number of unbranched alkanes of at least 4 members (excludes halogenated alkanes) is 4. The Labute approximate surface area is 482 Å². The molecule has 0 bridgehead atoms. The van der Waals surface area contributed by atoms with Crippen LogP contribution in [0.25, 0.3) is 43.6 Å². The summed E-state index contributed by atoms with van der Waals surface area (Å²) in [6.45, 7) is 5.97. The Morgan fingerprint density at radius 2 is 1.19 bits per heavy atom. The summed E-state index contributed by atoms with van der Waals surface area (Å²) < 4.78 is 95.7. The van der Waals surface area contributed by atoms with Crippen LogP contribution in [0.15, 0.2) is 158 Å². The maximum absolute atomic E-state index is 14.3. The summed E-state index contributed by atoms with van der Waals surface area (Å²) in [4.78, 5) is 4.73. The first-order chi connectivity index (χ1) is 38.6. The molecule has 0 amide bonds. The average Bonchev–Trinajstić information content (AvgIpc) is 4.26. The van der Waals surface area contributed by atoms with Gasteiger partial charge in [0.15, 0.2) is 19.7 Å². The molecule has 0 aliphatic heterocycles. The number of aromatic nitrogens is 5. The molecule has 0 fully saturated rings. The molecule has 0 aliphatic rings. The second kappa shape index (κ2) is 27.6. The average molecular weight is 1330 g/mol. The van der Waals surface area contributed by atoms with Gasteiger partial charge in [0.2, 0.25) is 0 Å². The predicted octanol–water partition coefficient (Wildman–Crippen LogP) is 10.6. The van der Waals surface area contributed by atoms with Crippen molar-refractivity contribution in [3.05, 3.63) is 170 Å². The molecule has 422 valence electrons. The molecular formula is C64H76BiN5O7S3. The van der Waals surface area contributed by atoms with Crippen LogP contribution in [0, 0.1) is 5.92 Å². The third kappa shape index (κ3) is 15.8. The Morgan fingerprint density at radius 1 is 0.575 bits per heavy atom. The summed E-state index contributed by atoms with van der Waals surface area (Å²) in [5, 5.41) is 14.1. The normalized spacial score (nSPS) is 13.7. The van der Waals surface area contributed by atoms with Gasteiger partial charge in [-0.25, -0.2) is 25.3 Å². The first-order valence-electron chi connectivity index (χ1n) is 28.4. The van der Waals surface area contributed by atoms with E-state index in [1.165, 1.54) is 47.7 Å². The molecule has 9 rings (SSSR count). The minimum atomic E-state index is -4.09. The summed E-state index contributed by atoms with van der Waals surface area (Å²) in [5.41, 5.74) is 4.02. The van der Waals surface area contributed by atoms with E-state index in [0.29, 0.717) is 57.6 Å². The number of imidazole rings is 1. The molecule has 9 aromatic rings. The molecule has 0 saturated heterocycles. The van der Waals surface area contributed by atoms with Gasteiger partial charge in [-0.1, -0.05) is 92.9 Å². The van der Waals surface area contributed by atoms with Crippen molar-refractivity contribution in [1.82, 2.24) is 24.5 Å². The van der Waals surface area contributed by atoms with Crippen molar-refractivity contribution in [3.8, 4) is 11.3 Å². The molecule has 0 saturated carbocycles. The fraction of sp³-hybridized carbons (Fsp3) is 0.391. The van der Waals surface area contributed by atoms with Gasteiger partial charge in [-0.05, 0) is 76.4 Å². The van der Waals surface area contributed by atoms with Crippen molar-refractivity contribution in [2.45, 2.75) is 121 Å². The fourth-order valence-corrected chi connectivity index (χ4v) is 27.1. The number of rotatable bonds is 32. The standard InChI is InChI=1S/C52H66N5O7S3.2C6H5.Bi/c1-4-5-22-47(37-65(3,58)59)67(62,63)38-48(66(60,61)36-40(2)16-9-12-30-56-34-50(53-39-56)42-18-7-6-8-19-42)23-10-13-31-57-33-46(54-55-57)35-64-32-14-11-17-41-24-25-45-27-26-43-20-15-21-44-28-29-49(41)52(45)51(43)44;2*1-2-4-6-5-3-1;/h7-8,15,18-21,24-29,33-34,39-40,47-48H,4-5,9-14,16-17,22-23,30-32,35-38H2,1-3H3;2*1-5H;. The summed E-state index contributed by atoms with van der Waals surface area (Å²) in [6, 6.07) is 50.5. The van der Waals surface area contributed by atoms with Crippen LogP contribution < -0.4 is 9.81 Å². The Bertz CT molecular complexity index is 3710. The molecule has 0 spiro atoms. The zero-order chi connectivity index (χ0) is 56.1. The molecule has 0 radical (unpaired) electrons. The SMILES string of the molecule is CCCCC(CS(C)(=O)=O)S(=O)(=O)CC(CCCCn1cc(COCCCCc2ccc3ccc4cccc5ccc2c3c45)nn1)S(=O)(=O)CC(C)CCCCn1cnc(-c2cc[c]([Bi]([c]3ccccc3)[c]3ccccc3)cc2)c1. The molecule has 0 N–H and O–H groups in total. The molecule has 2 heterocycles. The number of ether oxygens (including phenoxy) is 1. The summed E-state index contributed by atoms with van der Waals surface area (Å²) >= 11 is -2.47. The van der Waals surface area contributed by atoms with Crippen molar-refractivity contribution < 1.29 is 30.0 Å². The van der Waals surface area contributed by atoms with Gasteiger partial charge in [0.1, 0.15) is 15.5 Å². The van der Waals surface area contributed by atoms with Gasteiger partial charge in [0.05, 0.1) is 40.6 Å². The van der Waals surface area contributed by atoms with Gasteiger partial charge in [0, 0.05) is 19.4 Å². The minimum absolute atomic E-state index is 0.141. The molecule has 12 nitrogen and oxygen atoms in total. The Kier molecular flexibility index (Phi) is 20.4. The van der Waals surface area contributed by atoms with Crippen LogP contribution in [-0.2, 0) is 60.4 Å². The molecule has 7 aromatic carbocycles. The van der Waals surface area contributed by atoms with E-state index in [0.717, 1.165) is 56.2 Å². The number of nitrogens with zero attached hydrogens (tertiary/aromatic N) is 5. The van der Waals surface area contributed by atoms with Crippen LogP contribution in [0.3, 0.4) is 0 Å².